The first kappa shape index (κ1) is 21.1. The highest BCUT2D eigenvalue weighted by atomic mass is 32.2. The average Bonchev–Trinajstić information content (AvgIpc) is 2.50. The number of hydrogen-bond donors (Lipinski definition) is 3. The molecule has 27 heavy (non-hydrogen) atoms. The van der Waals surface area contributed by atoms with Crippen LogP contribution in [0.1, 0.15) is 18.1 Å². The maximum Gasteiger partial charge on any atom is 0.417 e. The lowest BCUT2D eigenvalue weighted by molar-refractivity contribution is -0.139. The average molecular weight is 410 g/mol. The van der Waals surface area contributed by atoms with Gasteiger partial charge in [-0.25, -0.2) is 22.3 Å². The van der Waals surface area contributed by atoms with E-state index in [9.17, 15) is 35.5 Å². The molecule has 0 bridgehead atoms. The van der Waals surface area contributed by atoms with Crippen LogP contribution in [0, 0.1) is 11.6 Å². The monoisotopic (exact) mass is 410 g/mol. The highest BCUT2D eigenvalue weighted by Gasteiger charge is 2.37. The van der Waals surface area contributed by atoms with Crippen LogP contribution in [0.25, 0.3) is 0 Å². The fraction of sp³-hybridized carbons (Fsp3) is 0.250. The van der Waals surface area contributed by atoms with Crippen LogP contribution in [0.2, 0.25) is 0 Å². The third-order valence-electron chi connectivity index (χ3n) is 3.74. The van der Waals surface area contributed by atoms with Gasteiger partial charge < -0.3 is 10.4 Å². The van der Waals surface area contributed by atoms with Crippen LogP contribution >= 0.6 is 0 Å². The summed E-state index contributed by atoms with van der Waals surface area (Å²) in [5, 5.41) is 17.6. The second kappa shape index (κ2) is 7.06. The summed E-state index contributed by atoms with van der Waals surface area (Å²) in [4.78, 5) is -1.10. The number of nitrogens with one attached hydrogen (secondary N) is 1. The molecule has 148 valence electrons. The zero-order chi connectivity index (χ0) is 20.6. The summed E-state index contributed by atoms with van der Waals surface area (Å²) in [6.07, 6.45) is -4.99. The third kappa shape index (κ3) is 4.93. The second-order valence-corrected chi connectivity index (χ2v) is 7.54. The number of alkyl halides is 3. The number of halogens is 5. The van der Waals surface area contributed by atoms with Crippen LogP contribution in [-0.4, -0.2) is 20.1 Å². The molecule has 2 rings (SSSR count). The summed E-state index contributed by atoms with van der Waals surface area (Å²) in [5.41, 5.74) is -3.83. The number of rotatable bonds is 5. The Bertz CT molecular complexity index is 959. The summed E-state index contributed by atoms with van der Waals surface area (Å²) >= 11 is 0. The molecule has 0 heterocycles. The Hall–Kier alpha value is -2.24. The molecule has 0 aliphatic carbocycles. The fourth-order valence-corrected chi connectivity index (χ4v) is 3.14. The summed E-state index contributed by atoms with van der Waals surface area (Å²) in [6, 6.07) is 4.70. The van der Waals surface area contributed by atoms with Gasteiger partial charge in [0.15, 0.2) is 0 Å². The molecule has 2 aromatic carbocycles. The molecule has 11 heteroatoms. The normalized spacial score (nSPS) is 14.7. The Morgan fingerprint density at radius 2 is 1.70 bits per heavy atom. The molecule has 0 amide bonds. The minimum absolute atomic E-state index is 0.183. The molecule has 0 aliphatic rings. The molecule has 4 N–H and O–H groups in total. The van der Waals surface area contributed by atoms with Crippen LogP contribution in [0.5, 0.6) is 0 Å². The number of sulfonamides is 1. The number of benzene rings is 2. The van der Waals surface area contributed by atoms with Crippen molar-refractivity contribution in [1.29, 1.82) is 0 Å². The molecule has 0 radical (unpaired) electrons. The topological polar surface area (TPSA) is 92.4 Å². The lowest BCUT2D eigenvalue weighted by Crippen LogP contribution is -2.32. The predicted molar refractivity (Wildman–Crippen MR) is 87.2 cm³/mol. The van der Waals surface area contributed by atoms with E-state index in [-0.39, 0.29) is 11.3 Å². The number of aliphatic hydroxyl groups is 1. The van der Waals surface area contributed by atoms with Gasteiger partial charge >= 0.3 is 6.18 Å². The highest BCUT2D eigenvalue weighted by Crippen LogP contribution is 2.36. The minimum Gasteiger partial charge on any atom is -0.383 e. The van der Waals surface area contributed by atoms with Crippen molar-refractivity contribution in [1.82, 2.24) is 0 Å². The number of anilines is 1. The molecule has 5 nitrogen and oxygen atoms in total. The molecule has 1 unspecified atom stereocenters. The lowest BCUT2D eigenvalue weighted by Gasteiger charge is -2.25. The fourth-order valence-electron chi connectivity index (χ4n) is 2.41. The van der Waals surface area contributed by atoms with E-state index in [1.165, 1.54) is 6.92 Å². The van der Waals surface area contributed by atoms with Gasteiger partial charge in [-0.05, 0) is 31.2 Å². The summed E-state index contributed by atoms with van der Waals surface area (Å²) in [7, 11) is -4.61. The predicted octanol–water partition coefficient (Wildman–Crippen LogP) is 2.95. The Balaban J connectivity index is 2.32. The molecule has 0 fully saturated rings. The lowest BCUT2D eigenvalue weighted by atomic mass is 9.95. The first-order valence-electron chi connectivity index (χ1n) is 7.37. The quantitative estimate of drug-likeness (QED) is 0.661. The van der Waals surface area contributed by atoms with Gasteiger partial charge in [0.05, 0.1) is 10.5 Å². The van der Waals surface area contributed by atoms with Crippen molar-refractivity contribution in [3.05, 3.63) is 59.2 Å². The first-order chi connectivity index (χ1) is 12.2. The zero-order valence-electron chi connectivity index (χ0n) is 13.8. The molecule has 2 aromatic rings. The van der Waals surface area contributed by atoms with Gasteiger partial charge in [0.1, 0.15) is 17.2 Å². The van der Waals surface area contributed by atoms with Gasteiger partial charge in [-0.3, -0.25) is 0 Å². The van der Waals surface area contributed by atoms with Crippen molar-refractivity contribution in [3.8, 4) is 0 Å². The van der Waals surface area contributed by atoms with Crippen LogP contribution in [0.3, 0.4) is 0 Å². The van der Waals surface area contributed by atoms with Crippen LogP contribution < -0.4 is 10.5 Å². The van der Waals surface area contributed by atoms with Crippen molar-refractivity contribution in [2.75, 3.05) is 11.9 Å². The molecule has 0 aliphatic heterocycles. The van der Waals surface area contributed by atoms with Gasteiger partial charge in [-0.2, -0.15) is 13.2 Å². The van der Waals surface area contributed by atoms with Crippen molar-refractivity contribution < 1.29 is 35.5 Å². The van der Waals surface area contributed by atoms with E-state index in [2.05, 4.69) is 5.32 Å². The Morgan fingerprint density at radius 1 is 1.07 bits per heavy atom. The smallest absolute Gasteiger partial charge is 0.383 e. The van der Waals surface area contributed by atoms with Gasteiger partial charge in [0, 0.05) is 23.9 Å². The van der Waals surface area contributed by atoms with E-state index < -0.39 is 50.4 Å². The Kier molecular flexibility index (Phi) is 5.51. The third-order valence-corrected chi connectivity index (χ3v) is 4.71. The molecule has 0 spiro atoms. The van der Waals surface area contributed by atoms with E-state index >= 15 is 0 Å². The molecular weight excluding hydrogens is 395 g/mol. The van der Waals surface area contributed by atoms with Crippen molar-refractivity contribution >= 4 is 15.7 Å². The van der Waals surface area contributed by atoms with Gasteiger partial charge in [-0.1, -0.05) is 6.07 Å². The maximum absolute atomic E-state index is 13.8. The second-order valence-electron chi connectivity index (χ2n) is 6.01. The van der Waals surface area contributed by atoms with E-state index in [1.54, 1.807) is 0 Å². The Morgan fingerprint density at radius 3 is 2.22 bits per heavy atom. The SMILES string of the molecule is CC(O)(CNc1ccc(S(N)(=O)=O)c(C(F)(F)F)c1)c1ccc(F)cc1F. The molecule has 0 saturated heterocycles. The van der Waals surface area contributed by atoms with Gasteiger partial charge in [0.25, 0.3) is 0 Å². The van der Waals surface area contributed by atoms with Crippen LogP contribution in [-0.2, 0) is 21.8 Å². The zero-order valence-corrected chi connectivity index (χ0v) is 14.6. The van der Waals surface area contributed by atoms with Gasteiger partial charge in [0.2, 0.25) is 10.0 Å². The molecular formula is C16H15F5N2O3S. The highest BCUT2D eigenvalue weighted by molar-refractivity contribution is 7.89. The summed E-state index contributed by atoms with van der Waals surface area (Å²) < 4.78 is 88.8. The van der Waals surface area contributed by atoms with Gasteiger partial charge in [-0.15, -0.1) is 0 Å². The molecule has 1 atom stereocenters. The van der Waals surface area contributed by atoms with Crippen molar-refractivity contribution in [3.63, 3.8) is 0 Å². The molecule has 0 saturated carbocycles. The van der Waals surface area contributed by atoms with E-state index in [4.69, 9.17) is 5.14 Å². The van der Waals surface area contributed by atoms with E-state index in [0.29, 0.717) is 18.2 Å². The summed E-state index contributed by atoms with van der Waals surface area (Å²) in [6.45, 7) is 0.737. The van der Waals surface area contributed by atoms with Crippen LogP contribution in [0.15, 0.2) is 41.3 Å². The number of hydrogen-bond acceptors (Lipinski definition) is 4. The Labute approximate surface area is 151 Å². The maximum atomic E-state index is 13.8. The molecule has 0 aromatic heterocycles. The first-order valence-corrected chi connectivity index (χ1v) is 8.92. The van der Waals surface area contributed by atoms with Crippen LogP contribution in [0.4, 0.5) is 27.6 Å². The van der Waals surface area contributed by atoms with E-state index in [0.717, 1.165) is 18.2 Å². The number of primary sulfonamides is 1. The van der Waals surface area contributed by atoms with E-state index in [1.807, 2.05) is 0 Å². The summed E-state index contributed by atoms with van der Waals surface area (Å²) in [5.74, 6) is -1.88. The van der Waals surface area contributed by atoms with Crippen molar-refractivity contribution in [2.45, 2.75) is 23.6 Å². The largest absolute Gasteiger partial charge is 0.417 e. The number of nitrogens with two attached hydrogens (primary N) is 1. The minimum atomic E-state index is -4.99. The van der Waals surface area contributed by atoms with Crippen molar-refractivity contribution in [2.24, 2.45) is 5.14 Å². The standard InChI is InChI=1S/C16H15F5N2O3S/c1-15(24,11-4-2-9(17)6-13(11)18)8-23-10-3-5-14(27(22,25)26)12(7-10)16(19,20)21/h2-7,23-24H,8H2,1H3,(H2,22,25,26).